The average molecular weight is 348 g/mol. The highest BCUT2D eigenvalue weighted by molar-refractivity contribution is 5.89. The summed E-state index contributed by atoms with van der Waals surface area (Å²) in [5.74, 6) is 0.205. The second kappa shape index (κ2) is 7.65. The predicted molar refractivity (Wildman–Crippen MR) is 97.1 cm³/mol. The molecule has 3 aliphatic heterocycles. The highest BCUT2D eigenvalue weighted by Crippen LogP contribution is 2.30. The minimum absolute atomic E-state index is 0.126. The molecule has 5 nitrogen and oxygen atoms in total. The quantitative estimate of drug-likeness (QED) is 0.797. The minimum atomic E-state index is -0.127. The largest absolute Gasteiger partial charge is 0.353 e. The molecular formula is C20H33N3O2. The topological polar surface area (TPSA) is 52.7 Å². The Morgan fingerprint density at radius 2 is 1.68 bits per heavy atom. The second-order valence-electron chi connectivity index (χ2n) is 8.65. The molecule has 0 radical (unpaired) electrons. The van der Waals surface area contributed by atoms with Gasteiger partial charge in [0, 0.05) is 37.6 Å². The van der Waals surface area contributed by atoms with Crippen LogP contribution in [0.1, 0.15) is 70.6 Å². The van der Waals surface area contributed by atoms with Gasteiger partial charge in [-0.25, -0.2) is 0 Å². The number of carbonyl (C=O) groups excluding carboxylic acids is 2. The lowest BCUT2D eigenvalue weighted by molar-refractivity contribution is -0.130. The Labute approximate surface area is 151 Å². The Kier molecular flexibility index (Phi) is 5.30. The summed E-state index contributed by atoms with van der Waals surface area (Å²) >= 11 is 0. The van der Waals surface area contributed by atoms with Gasteiger partial charge in [0.25, 0.3) is 0 Å². The van der Waals surface area contributed by atoms with Crippen molar-refractivity contribution < 1.29 is 9.59 Å². The number of rotatable bonds is 3. The lowest BCUT2D eigenvalue weighted by Gasteiger charge is -2.35. The maximum absolute atomic E-state index is 12.7. The van der Waals surface area contributed by atoms with Crippen LogP contribution in [0.3, 0.4) is 0 Å². The zero-order chi connectivity index (χ0) is 17.2. The SMILES string of the molecule is O=C(N[C@@H]1CCN2CCC[C@@H]2C1)[C@H]1CC(=O)N(C2CCCCCC2)C1. The average Bonchev–Trinajstić information content (AvgIpc) is 3.13. The first-order chi connectivity index (χ1) is 12.2. The van der Waals surface area contributed by atoms with Gasteiger partial charge in [0.05, 0.1) is 5.92 Å². The van der Waals surface area contributed by atoms with Crippen molar-refractivity contribution in [2.24, 2.45) is 5.92 Å². The van der Waals surface area contributed by atoms with E-state index in [2.05, 4.69) is 10.2 Å². The van der Waals surface area contributed by atoms with Gasteiger partial charge in [-0.2, -0.15) is 0 Å². The summed E-state index contributed by atoms with van der Waals surface area (Å²) in [6.07, 6.45) is 12.5. The van der Waals surface area contributed by atoms with Gasteiger partial charge in [-0.3, -0.25) is 9.59 Å². The van der Waals surface area contributed by atoms with Crippen molar-refractivity contribution in [1.82, 2.24) is 15.1 Å². The van der Waals surface area contributed by atoms with E-state index in [4.69, 9.17) is 0 Å². The van der Waals surface area contributed by atoms with Crippen molar-refractivity contribution in [2.75, 3.05) is 19.6 Å². The Morgan fingerprint density at radius 3 is 2.48 bits per heavy atom. The van der Waals surface area contributed by atoms with Crippen LogP contribution in [0.4, 0.5) is 0 Å². The van der Waals surface area contributed by atoms with Crippen molar-refractivity contribution in [2.45, 2.75) is 88.8 Å². The van der Waals surface area contributed by atoms with E-state index >= 15 is 0 Å². The van der Waals surface area contributed by atoms with Gasteiger partial charge in [-0.1, -0.05) is 25.7 Å². The van der Waals surface area contributed by atoms with E-state index in [9.17, 15) is 9.59 Å². The van der Waals surface area contributed by atoms with Crippen LogP contribution in [0.25, 0.3) is 0 Å². The van der Waals surface area contributed by atoms with E-state index in [1.54, 1.807) is 0 Å². The van der Waals surface area contributed by atoms with Crippen LogP contribution in [-0.2, 0) is 9.59 Å². The van der Waals surface area contributed by atoms with E-state index in [0.717, 1.165) is 32.2 Å². The molecule has 1 saturated carbocycles. The molecule has 3 heterocycles. The molecule has 140 valence electrons. The number of hydrogen-bond acceptors (Lipinski definition) is 3. The third-order valence-corrected chi connectivity index (χ3v) is 6.96. The fourth-order valence-corrected chi connectivity index (χ4v) is 5.50. The molecule has 25 heavy (non-hydrogen) atoms. The highest BCUT2D eigenvalue weighted by atomic mass is 16.2. The summed E-state index contributed by atoms with van der Waals surface area (Å²) in [7, 11) is 0. The van der Waals surface area contributed by atoms with Gasteiger partial charge in [-0.15, -0.1) is 0 Å². The molecular weight excluding hydrogens is 314 g/mol. The smallest absolute Gasteiger partial charge is 0.225 e. The second-order valence-corrected chi connectivity index (χ2v) is 8.65. The molecule has 1 N–H and O–H groups in total. The number of hydrogen-bond donors (Lipinski definition) is 1. The van der Waals surface area contributed by atoms with Crippen LogP contribution >= 0.6 is 0 Å². The molecule has 0 aromatic carbocycles. The first-order valence-corrected chi connectivity index (χ1v) is 10.5. The van der Waals surface area contributed by atoms with Gasteiger partial charge in [-0.05, 0) is 45.1 Å². The Balaban J connectivity index is 1.29. The number of carbonyl (C=O) groups is 2. The van der Waals surface area contributed by atoms with Gasteiger partial charge < -0.3 is 15.1 Å². The van der Waals surface area contributed by atoms with Crippen LogP contribution < -0.4 is 5.32 Å². The van der Waals surface area contributed by atoms with Gasteiger partial charge >= 0.3 is 0 Å². The number of likely N-dealkylation sites (tertiary alicyclic amines) is 1. The van der Waals surface area contributed by atoms with Gasteiger partial charge in [0.2, 0.25) is 11.8 Å². The number of piperidine rings is 1. The van der Waals surface area contributed by atoms with E-state index in [1.165, 1.54) is 45.1 Å². The zero-order valence-corrected chi connectivity index (χ0v) is 15.4. The number of fused-ring (bicyclic) bond motifs is 1. The zero-order valence-electron chi connectivity index (χ0n) is 15.4. The predicted octanol–water partition coefficient (Wildman–Crippen LogP) is 2.30. The van der Waals surface area contributed by atoms with Crippen LogP contribution in [0, 0.1) is 5.92 Å². The normalized spacial score (nSPS) is 34.8. The number of amides is 2. The van der Waals surface area contributed by atoms with Gasteiger partial charge in [0.1, 0.15) is 0 Å². The van der Waals surface area contributed by atoms with E-state index in [0.29, 0.717) is 31.1 Å². The van der Waals surface area contributed by atoms with Crippen LogP contribution in [0.2, 0.25) is 0 Å². The molecule has 5 heteroatoms. The van der Waals surface area contributed by atoms with Crippen molar-refractivity contribution in [3.05, 3.63) is 0 Å². The lowest BCUT2D eigenvalue weighted by atomic mass is 9.96. The third-order valence-electron chi connectivity index (χ3n) is 6.96. The van der Waals surface area contributed by atoms with E-state index in [-0.39, 0.29) is 17.7 Å². The van der Waals surface area contributed by atoms with Crippen molar-refractivity contribution in [3.8, 4) is 0 Å². The maximum atomic E-state index is 12.7. The van der Waals surface area contributed by atoms with Crippen LogP contribution in [0.15, 0.2) is 0 Å². The maximum Gasteiger partial charge on any atom is 0.225 e. The van der Waals surface area contributed by atoms with E-state index in [1.807, 2.05) is 4.90 Å². The fraction of sp³-hybridized carbons (Fsp3) is 0.900. The molecule has 0 aromatic rings. The first kappa shape index (κ1) is 17.3. The summed E-state index contributed by atoms with van der Waals surface area (Å²) in [5.41, 5.74) is 0. The summed E-state index contributed by atoms with van der Waals surface area (Å²) < 4.78 is 0. The molecule has 0 unspecified atom stereocenters. The molecule has 3 saturated heterocycles. The molecule has 0 bridgehead atoms. The molecule has 4 fully saturated rings. The highest BCUT2D eigenvalue weighted by Gasteiger charge is 2.39. The van der Waals surface area contributed by atoms with Gasteiger partial charge in [0.15, 0.2) is 0 Å². The summed E-state index contributed by atoms with van der Waals surface area (Å²) in [4.78, 5) is 29.8. The Hall–Kier alpha value is -1.10. The van der Waals surface area contributed by atoms with Crippen molar-refractivity contribution in [1.29, 1.82) is 0 Å². The Morgan fingerprint density at radius 1 is 0.920 bits per heavy atom. The fourth-order valence-electron chi connectivity index (χ4n) is 5.50. The molecule has 4 rings (SSSR count). The summed E-state index contributed by atoms with van der Waals surface area (Å²) in [6.45, 7) is 3.00. The molecule has 0 spiro atoms. The third kappa shape index (κ3) is 3.86. The molecule has 2 amide bonds. The molecule has 4 aliphatic rings. The molecule has 0 aromatic heterocycles. The van der Waals surface area contributed by atoms with Crippen LogP contribution in [-0.4, -0.2) is 59.4 Å². The summed E-state index contributed by atoms with van der Waals surface area (Å²) in [6, 6.07) is 1.37. The lowest BCUT2D eigenvalue weighted by Crippen LogP contribution is -2.49. The standard InChI is InChI=1S/C20H33N3O2/c24-19-12-15(14-23(19)17-6-3-1-2-4-7-17)20(25)21-16-9-11-22-10-5-8-18(22)13-16/h15-18H,1-14H2,(H,21,25)/t15-,16+,18+/m0/s1. The Bertz CT molecular complexity index is 501. The monoisotopic (exact) mass is 347 g/mol. The van der Waals surface area contributed by atoms with Crippen molar-refractivity contribution in [3.63, 3.8) is 0 Å². The summed E-state index contributed by atoms with van der Waals surface area (Å²) in [5, 5.41) is 3.29. The van der Waals surface area contributed by atoms with E-state index < -0.39 is 0 Å². The molecule has 3 atom stereocenters. The minimum Gasteiger partial charge on any atom is -0.353 e. The van der Waals surface area contributed by atoms with Crippen LogP contribution in [0.5, 0.6) is 0 Å². The molecule has 1 aliphatic carbocycles. The van der Waals surface area contributed by atoms with Crippen molar-refractivity contribution >= 4 is 11.8 Å². The first-order valence-electron chi connectivity index (χ1n) is 10.5. The number of nitrogens with zero attached hydrogens (tertiary/aromatic N) is 2. The number of nitrogens with one attached hydrogen (secondary N) is 1.